The van der Waals surface area contributed by atoms with E-state index in [4.69, 9.17) is 8.83 Å². The predicted octanol–water partition coefficient (Wildman–Crippen LogP) is 3.80. The molecule has 0 bridgehead atoms. The molecule has 2 heterocycles. The minimum absolute atomic E-state index is 0.301. The van der Waals surface area contributed by atoms with Crippen LogP contribution in [0.2, 0.25) is 0 Å². The van der Waals surface area contributed by atoms with Crippen molar-refractivity contribution in [3.63, 3.8) is 0 Å². The smallest absolute Gasteiger partial charge is 0.274 e. The fourth-order valence-corrected chi connectivity index (χ4v) is 2.27. The Morgan fingerprint density at radius 3 is 2.59 bits per heavy atom. The number of rotatable bonds is 3. The second-order valence-electron chi connectivity index (χ2n) is 5.11. The summed E-state index contributed by atoms with van der Waals surface area (Å²) in [5.74, 6) is 1.60. The molecule has 0 atom stereocenters. The van der Waals surface area contributed by atoms with Crippen LogP contribution < -0.4 is 5.43 Å². The Hall–Kier alpha value is -2.82. The Bertz CT molecular complexity index is 838. The molecular weight excluding hydrogens is 280 g/mol. The number of nitrogens with zero attached hydrogens (tertiary/aromatic N) is 1. The SMILES string of the molecule is C/C(=N/NC(=O)c1cc(C)oc1C)c1cc2ccccc2o1. The van der Waals surface area contributed by atoms with Crippen LogP contribution in [0.25, 0.3) is 11.0 Å². The molecule has 3 aromatic rings. The number of aryl methyl sites for hydroxylation is 2. The van der Waals surface area contributed by atoms with Crippen molar-refractivity contribution in [2.45, 2.75) is 20.8 Å². The van der Waals surface area contributed by atoms with Gasteiger partial charge in [0.05, 0.1) is 5.56 Å². The van der Waals surface area contributed by atoms with E-state index in [1.165, 1.54) is 0 Å². The van der Waals surface area contributed by atoms with Crippen molar-refractivity contribution in [2.75, 3.05) is 0 Å². The zero-order chi connectivity index (χ0) is 15.7. The second-order valence-corrected chi connectivity index (χ2v) is 5.11. The normalized spacial score (nSPS) is 11.9. The molecule has 1 aromatic carbocycles. The lowest BCUT2D eigenvalue weighted by Gasteiger charge is -1.99. The van der Waals surface area contributed by atoms with Crippen molar-refractivity contribution < 1.29 is 13.6 Å². The van der Waals surface area contributed by atoms with Crippen LogP contribution in [0.15, 0.2) is 50.3 Å². The molecule has 22 heavy (non-hydrogen) atoms. The molecule has 5 heteroatoms. The maximum Gasteiger partial charge on any atom is 0.274 e. The van der Waals surface area contributed by atoms with Crippen molar-refractivity contribution in [1.82, 2.24) is 5.43 Å². The highest BCUT2D eigenvalue weighted by molar-refractivity contribution is 6.01. The van der Waals surface area contributed by atoms with Crippen molar-refractivity contribution in [3.8, 4) is 0 Å². The van der Waals surface area contributed by atoms with Crippen LogP contribution >= 0.6 is 0 Å². The fraction of sp³-hybridized carbons (Fsp3) is 0.176. The van der Waals surface area contributed by atoms with Crippen LogP contribution in [0, 0.1) is 13.8 Å². The summed E-state index contributed by atoms with van der Waals surface area (Å²) in [5.41, 5.74) is 4.40. The highest BCUT2D eigenvalue weighted by atomic mass is 16.3. The number of carbonyl (C=O) groups is 1. The van der Waals surface area contributed by atoms with Crippen LogP contribution in [0.4, 0.5) is 0 Å². The number of hydrazone groups is 1. The summed E-state index contributed by atoms with van der Waals surface area (Å²) in [4.78, 5) is 12.1. The standard InChI is InChI=1S/C17H16N2O3/c1-10-8-14(12(3)21-10)17(20)19-18-11(2)16-9-13-6-4-5-7-15(13)22-16/h4-9H,1-3H3,(H,19,20)/b18-11-. The van der Waals surface area contributed by atoms with Gasteiger partial charge in [0.25, 0.3) is 5.91 Å². The van der Waals surface area contributed by atoms with Gasteiger partial charge in [0.2, 0.25) is 0 Å². The molecule has 0 aliphatic carbocycles. The molecule has 0 aliphatic rings. The van der Waals surface area contributed by atoms with Gasteiger partial charge in [-0.05, 0) is 39.0 Å². The van der Waals surface area contributed by atoms with E-state index in [-0.39, 0.29) is 5.91 Å². The lowest BCUT2D eigenvalue weighted by molar-refractivity contribution is 0.0953. The van der Waals surface area contributed by atoms with Gasteiger partial charge in [0.15, 0.2) is 5.76 Å². The van der Waals surface area contributed by atoms with Gasteiger partial charge < -0.3 is 8.83 Å². The largest absolute Gasteiger partial charge is 0.466 e. The first-order valence-corrected chi connectivity index (χ1v) is 6.95. The predicted molar refractivity (Wildman–Crippen MR) is 84.1 cm³/mol. The van der Waals surface area contributed by atoms with E-state index in [1.807, 2.05) is 30.3 Å². The molecule has 1 amide bonds. The number of amides is 1. The molecule has 2 aromatic heterocycles. The number of fused-ring (bicyclic) bond motifs is 1. The first-order chi connectivity index (χ1) is 10.5. The third-order valence-corrected chi connectivity index (χ3v) is 3.39. The maximum absolute atomic E-state index is 12.1. The van der Waals surface area contributed by atoms with E-state index >= 15 is 0 Å². The Morgan fingerprint density at radius 1 is 1.14 bits per heavy atom. The minimum atomic E-state index is -0.301. The Morgan fingerprint density at radius 2 is 1.91 bits per heavy atom. The van der Waals surface area contributed by atoms with E-state index < -0.39 is 0 Å². The second kappa shape index (κ2) is 5.52. The van der Waals surface area contributed by atoms with E-state index in [2.05, 4.69) is 10.5 Å². The van der Waals surface area contributed by atoms with Crippen LogP contribution in [0.5, 0.6) is 0 Å². The summed E-state index contributed by atoms with van der Waals surface area (Å²) < 4.78 is 11.0. The van der Waals surface area contributed by atoms with Gasteiger partial charge in [0.1, 0.15) is 22.8 Å². The lowest BCUT2D eigenvalue weighted by Crippen LogP contribution is -2.19. The zero-order valence-corrected chi connectivity index (χ0v) is 12.6. The minimum Gasteiger partial charge on any atom is -0.466 e. The monoisotopic (exact) mass is 296 g/mol. The highest BCUT2D eigenvalue weighted by Gasteiger charge is 2.13. The van der Waals surface area contributed by atoms with Gasteiger partial charge in [-0.2, -0.15) is 5.10 Å². The number of nitrogens with one attached hydrogen (secondary N) is 1. The van der Waals surface area contributed by atoms with Crippen LogP contribution in [0.1, 0.15) is 34.6 Å². The van der Waals surface area contributed by atoms with Crippen LogP contribution in [-0.2, 0) is 0 Å². The van der Waals surface area contributed by atoms with E-state index in [0.717, 1.165) is 11.0 Å². The fourth-order valence-electron chi connectivity index (χ4n) is 2.27. The first-order valence-electron chi connectivity index (χ1n) is 6.95. The van der Waals surface area contributed by atoms with Crippen LogP contribution in [-0.4, -0.2) is 11.6 Å². The maximum atomic E-state index is 12.1. The molecule has 0 spiro atoms. The molecule has 0 aliphatic heterocycles. The van der Waals surface area contributed by atoms with Crippen molar-refractivity contribution >= 4 is 22.6 Å². The number of benzene rings is 1. The molecule has 112 valence electrons. The summed E-state index contributed by atoms with van der Waals surface area (Å²) >= 11 is 0. The average Bonchev–Trinajstić information content (AvgIpc) is 3.07. The summed E-state index contributed by atoms with van der Waals surface area (Å²) in [5, 5.41) is 5.10. The van der Waals surface area contributed by atoms with E-state index in [1.54, 1.807) is 26.8 Å². The summed E-state index contributed by atoms with van der Waals surface area (Å²) in [6.07, 6.45) is 0. The third-order valence-electron chi connectivity index (χ3n) is 3.39. The number of para-hydroxylation sites is 1. The van der Waals surface area contributed by atoms with Gasteiger partial charge in [0, 0.05) is 5.39 Å². The third kappa shape index (κ3) is 2.65. The summed E-state index contributed by atoms with van der Waals surface area (Å²) in [6.45, 7) is 5.33. The molecule has 0 fully saturated rings. The number of carbonyl (C=O) groups excluding carboxylic acids is 1. The zero-order valence-electron chi connectivity index (χ0n) is 12.6. The molecule has 0 unspecified atom stereocenters. The highest BCUT2D eigenvalue weighted by Crippen LogP contribution is 2.19. The van der Waals surface area contributed by atoms with E-state index in [0.29, 0.717) is 28.6 Å². The van der Waals surface area contributed by atoms with Gasteiger partial charge >= 0.3 is 0 Å². The summed E-state index contributed by atoms with van der Waals surface area (Å²) in [7, 11) is 0. The Labute approximate surface area is 127 Å². The van der Waals surface area contributed by atoms with E-state index in [9.17, 15) is 4.79 Å². The van der Waals surface area contributed by atoms with Crippen LogP contribution in [0.3, 0.4) is 0 Å². The quantitative estimate of drug-likeness (QED) is 0.590. The molecule has 3 rings (SSSR count). The molecular formula is C17H16N2O3. The summed E-state index contributed by atoms with van der Waals surface area (Å²) in [6, 6.07) is 11.3. The molecule has 0 radical (unpaired) electrons. The van der Waals surface area contributed by atoms with Gasteiger partial charge in [-0.15, -0.1) is 0 Å². The number of hydrogen-bond donors (Lipinski definition) is 1. The average molecular weight is 296 g/mol. The molecule has 1 N–H and O–H groups in total. The van der Waals surface area contributed by atoms with Crippen molar-refractivity contribution in [2.24, 2.45) is 5.10 Å². The van der Waals surface area contributed by atoms with Crippen molar-refractivity contribution in [3.05, 3.63) is 59.2 Å². The lowest BCUT2D eigenvalue weighted by atomic mass is 10.2. The topological polar surface area (TPSA) is 67.7 Å². The Balaban J connectivity index is 1.79. The molecule has 0 saturated carbocycles. The Kier molecular flexibility index (Phi) is 3.55. The first kappa shape index (κ1) is 14.1. The van der Waals surface area contributed by atoms with Gasteiger partial charge in [-0.3, -0.25) is 4.79 Å². The van der Waals surface area contributed by atoms with Gasteiger partial charge in [-0.1, -0.05) is 18.2 Å². The van der Waals surface area contributed by atoms with Gasteiger partial charge in [-0.25, -0.2) is 5.43 Å². The number of hydrogen-bond acceptors (Lipinski definition) is 4. The van der Waals surface area contributed by atoms with Crippen molar-refractivity contribution in [1.29, 1.82) is 0 Å². The molecule has 0 saturated heterocycles. The molecule has 5 nitrogen and oxygen atoms in total. The number of furan rings is 2.